The highest BCUT2D eigenvalue weighted by Gasteiger charge is 2.57. The molecule has 0 N–H and O–H groups in total. The lowest BCUT2D eigenvalue weighted by atomic mass is 9.88. The second kappa shape index (κ2) is 6.91. The monoisotopic (exact) mass is 413 g/mol. The fraction of sp³-hybridized carbons (Fsp3) is 0.500. The molecule has 10 heteroatoms. The molecule has 3 rings (SSSR count). The number of hydrogen-bond donors (Lipinski definition) is 0. The number of ketones is 1. The predicted molar refractivity (Wildman–Crippen MR) is 98.6 cm³/mol. The molecule has 152 valence electrons. The first-order valence-electron chi connectivity index (χ1n) is 8.66. The molecule has 0 bridgehead atoms. The third-order valence-corrected chi connectivity index (χ3v) is 6.32. The van der Waals surface area contributed by atoms with Crippen LogP contribution in [0.15, 0.2) is 29.3 Å². The Hall–Kier alpha value is -2.36. The van der Waals surface area contributed by atoms with Crippen molar-refractivity contribution >= 4 is 28.8 Å². The lowest BCUT2D eigenvalue weighted by molar-refractivity contribution is -0.117. The van der Waals surface area contributed by atoms with Crippen molar-refractivity contribution in [3.8, 4) is 0 Å². The van der Waals surface area contributed by atoms with Crippen LogP contribution in [-0.2, 0) is 26.1 Å². The largest absolute Gasteiger partial charge is 0.446 e. The van der Waals surface area contributed by atoms with Gasteiger partial charge in [-0.25, -0.2) is 18.4 Å². The zero-order valence-electron chi connectivity index (χ0n) is 15.9. The van der Waals surface area contributed by atoms with Crippen molar-refractivity contribution in [1.29, 1.82) is 0 Å². The van der Waals surface area contributed by atoms with Gasteiger partial charge < -0.3 is 4.74 Å². The molecule has 1 heterocycles. The van der Waals surface area contributed by atoms with Crippen LogP contribution in [0.4, 0.5) is 13.7 Å². The summed E-state index contributed by atoms with van der Waals surface area (Å²) in [5.41, 5.74) is -2.48. The summed E-state index contributed by atoms with van der Waals surface area (Å²) in [6.07, 6.45) is -1.66. The van der Waals surface area contributed by atoms with E-state index in [1.165, 1.54) is 25.2 Å². The van der Waals surface area contributed by atoms with Gasteiger partial charge >= 0.3 is 6.09 Å². The molecule has 1 aliphatic carbocycles. The lowest BCUT2D eigenvalue weighted by Crippen LogP contribution is -2.54. The number of carbonyl (C=O) groups is 2. The Kier molecular flexibility index (Phi) is 5.03. The minimum atomic E-state index is -1.92. The topological polar surface area (TPSA) is 79.3 Å². The van der Waals surface area contributed by atoms with Crippen molar-refractivity contribution in [3.05, 3.63) is 35.6 Å². The van der Waals surface area contributed by atoms with Crippen LogP contribution in [0.1, 0.15) is 39.2 Å². The Morgan fingerprint density at radius 3 is 2.64 bits per heavy atom. The first-order valence-corrected chi connectivity index (χ1v) is 9.83. The number of guanidine groups is 1. The molecular formula is C18H21F2N3O4S. The summed E-state index contributed by atoms with van der Waals surface area (Å²) in [5.74, 6) is -1.50. The first kappa shape index (κ1) is 20.4. The van der Waals surface area contributed by atoms with Crippen molar-refractivity contribution in [2.45, 2.75) is 50.0 Å². The molecule has 3 unspecified atom stereocenters. The molecule has 7 nitrogen and oxygen atoms in total. The fourth-order valence-electron chi connectivity index (χ4n) is 3.42. The first-order chi connectivity index (χ1) is 13.0. The number of carbonyl (C=O) groups excluding carboxylic acids is 2. The van der Waals surface area contributed by atoms with Crippen LogP contribution in [0.25, 0.3) is 0 Å². The predicted octanol–water partition coefficient (Wildman–Crippen LogP) is 2.84. The van der Waals surface area contributed by atoms with E-state index >= 15 is 0 Å². The number of aliphatic imine (C=N–C) groups is 1. The summed E-state index contributed by atoms with van der Waals surface area (Å²) in [7, 11) is -0.632. The number of hydrogen-bond acceptors (Lipinski definition) is 5. The minimum absolute atomic E-state index is 0.0439. The molecule has 1 aromatic carbocycles. The van der Waals surface area contributed by atoms with Crippen molar-refractivity contribution < 1.29 is 27.4 Å². The lowest BCUT2D eigenvalue weighted by Gasteiger charge is -2.40. The van der Waals surface area contributed by atoms with Crippen LogP contribution in [0, 0.1) is 5.82 Å². The molecule has 1 amide bonds. The average Bonchev–Trinajstić information content (AvgIpc) is 2.94. The molecule has 0 radical (unpaired) electrons. The highest BCUT2D eigenvalue weighted by atomic mass is 32.2. The normalized spacial score (nSPS) is 27.3. The summed E-state index contributed by atoms with van der Waals surface area (Å²) in [6, 6.07) is 5.66. The molecule has 3 atom stereocenters. The van der Waals surface area contributed by atoms with Gasteiger partial charge in [0.05, 0.1) is 5.25 Å². The number of amides is 1. The van der Waals surface area contributed by atoms with Gasteiger partial charge in [-0.3, -0.25) is 9.10 Å². The van der Waals surface area contributed by atoms with E-state index in [1.54, 1.807) is 26.8 Å². The summed E-state index contributed by atoms with van der Waals surface area (Å²) in [4.78, 5) is 28.6. The highest BCUT2D eigenvalue weighted by Crippen LogP contribution is 2.47. The third kappa shape index (κ3) is 3.41. The molecule has 0 saturated heterocycles. The molecule has 1 fully saturated rings. The summed E-state index contributed by atoms with van der Waals surface area (Å²) in [5, 5.41) is -1.22. The maximum atomic E-state index is 14.9. The van der Waals surface area contributed by atoms with E-state index < -0.39 is 45.2 Å². The van der Waals surface area contributed by atoms with Gasteiger partial charge in [-0.15, -0.1) is 0 Å². The van der Waals surface area contributed by atoms with Gasteiger partial charge in [0.2, 0.25) is 5.96 Å². The number of nitrogens with zero attached hydrogens (tertiary/aromatic N) is 3. The van der Waals surface area contributed by atoms with Gasteiger partial charge in [0.15, 0.2) is 0 Å². The zero-order valence-corrected chi connectivity index (χ0v) is 16.8. The SMILES string of the molecule is CN1C(N(F)C(=O)OC(C)(C)C)=NC2(c3ccccc3F)CC(=O)CC2S1=O. The quantitative estimate of drug-likeness (QED) is 0.663. The van der Waals surface area contributed by atoms with Crippen LogP contribution in [-0.4, -0.2) is 49.4 Å². The van der Waals surface area contributed by atoms with E-state index in [2.05, 4.69) is 4.99 Å². The van der Waals surface area contributed by atoms with Crippen LogP contribution >= 0.6 is 0 Å². The number of rotatable bonds is 1. The Morgan fingerprint density at radius 1 is 1.39 bits per heavy atom. The number of Topliss-reactive ketones (excluding diaryl/α,β-unsaturated/α-hetero) is 1. The van der Waals surface area contributed by atoms with E-state index in [1.807, 2.05) is 0 Å². The number of fused-ring (bicyclic) bond motifs is 1. The third-order valence-electron chi connectivity index (χ3n) is 4.58. The molecule has 28 heavy (non-hydrogen) atoms. The van der Waals surface area contributed by atoms with Crippen LogP contribution in [0.5, 0.6) is 0 Å². The molecule has 1 saturated carbocycles. The Bertz CT molecular complexity index is 886. The van der Waals surface area contributed by atoms with Crippen molar-refractivity contribution in [1.82, 2.24) is 9.43 Å². The fourth-order valence-corrected chi connectivity index (χ4v) is 5.00. The van der Waals surface area contributed by atoms with Crippen LogP contribution in [0.3, 0.4) is 0 Å². The molecule has 1 aliphatic heterocycles. The molecule has 2 aliphatic rings. The Balaban J connectivity index is 2.13. The van der Waals surface area contributed by atoms with Gasteiger partial charge in [-0.2, -0.15) is 0 Å². The Morgan fingerprint density at radius 2 is 2.04 bits per heavy atom. The second-order valence-corrected chi connectivity index (χ2v) is 9.43. The maximum absolute atomic E-state index is 14.9. The minimum Gasteiger partial charge on any atom is -0.442 e. The van der Waals surface area contributed by atoms with E-state index in [-0.39, 0.29) is 29.3 Å². The Labute approximate surface area is 163 Å². The van der Waals surface area contributed by atoms with Gasteiger partial charge in [0, 0.05) is 25.5 Å². The van der Waals surface area contributed by atoms with Gasteiger partial charge in [0.25, 0.3) is 0 Å². The van der Waals surface area contributed by atoms with Crippen LogP contribution < -0.4 is 0 Å². The van der Waals surface area contributed by atoms with Gasteiger partial charge in [0.1, 0.15) is 33.7 Å². The van der Waals surface area contributed by atoms with E-state index in [4.69, 9.17) is 4.74 Å². The highest BCUT2D eigenvalue weighted by molar-refractivity contribution is 7.84. The zero-order chi connectivity index (χ0) is 20.9. The molecule has 1 aromatic rings. The summed E-state index contributed by atoms with van der Waals surface area (Å²) >= 11 is 0. The van der Waals surface area contributed by atoms with Crippen molar-refractivity contribution in [2.24, 2.45) is 4.99 Å². The van der Waals surface area contributed by atoms with Crippen molar-refractivity contribution in [2.75, 3.05) is 7.05 Å². The van der Waals surface area contributed by atoms with E-state index in [9.17, 15) is 22.7 Å². The maximum Gasteiger partial charge on any atom is 0.446 e. The van der Waals surface area contributed by atoms with Crippen molar-refractivity contribution in [3.63, 3.8) is 0 Å². The summed E-state index contributed by atoms with van der Waals surface area (Å²) < 4.78 is 48.4. The molecular weight excluding hydrogens is 392 g/mol. The smallest absolute Gasteiger partial charge is 0.442 e. The van der Waals surface area contributed by atoms with E-state index in [0.29, 0.717) is 0 Å². The second-order valence-electron chi connectivity index (χ2n) is 7.76. The molecule has 0 aromatic heterocycles. The van der Waals surface area contributed by atoms with Crippen LogP contribution in [0.2, 0.25) is 0 Å². The number of ether oxygens (including phenoxy) is 1. The van der Waals surface area contributed by atoms with E-state index in [0.717, 1.165) is 4.31 Å². The summed E-state index contributed by atoms with van der Waals surface area (Å²) in [6.45, 7) is 4.70. The van der Waals surface area contributed by atoms with Gasteiger partial charge in [-0.1, -0.05) is 27.8 Å². The number of halogens is 2. The van der Waals surface area contributed by atoms with Gasteiger partial charge in [-0.05, 0) is 26.8 Å². The average molecular weight is 413 g/mol. The standard InChI is InChI=1S/C18H21F2N3O4S/c1-17(2,3)27-16(25)23(20)15-21-18(12-7-5-6-8-13(12)19)10-11(24)9-14(18)28(26)22(15)4/h5-8,14H,9-10H2,1-4H3. The number of benzene rings is 1. The molecule has 0 spiro atoms.